The average molecular weight is 238 g/mol. The number of aromatic nitrogens is 3. The van der Waals surface area contributed by atoms with Gasteiger partial charge in [0.25, 0.3) is 0 Å². The molecular formula is C11H18N4O2. The molecule has 0 aromatic carbocycles. The van der Waals surface area contributed by atoms with Crippen LogP contribution in [0.4, 0.5) is 0 Å². The first kappa shape index (κ1) is 12.0. The standard InChI is InChI=1S/C11H18N4O2/c1-8(9-2-3-9)6-12-4-5-15-7-10(11(16)17)13-14-15/h7-9,12H,2-6H2,1H3,(H,16,17). The Morgan fingerprint density at radius 2 is 2.47 bits per heavy atom. The largest absolute Gasteiger partial charge is 0.476 e. The third-order valence-electron chi connectivity index (χ3n) is 3.17. The molecule has 6 heteroatoms. The average Bonchev–Trinajstić information content (AvgIpc) is 3.03. The fraction of sp³-hybridized carbons (Fsp3) is 0.727. The number of hydrogen-bond donors (Lipinski definition) is 2. The Hall–Kier alpha value is -1.43. The van der Waals surface area contributed by atoms with Crippen LogP contribution < -0.4 is 5.32 Å². The van der Waals surface area contributed by atoms with Crippen LogP contribution >= 0.6 is 0 Å². The molecule has 0 radical (unpaired) electrons. The summed E-state index contributed by atoms with van der Waals surface area (Å²) in [6.07, 6.45) is 4.19. The molecule has 1 aliphatic rings. The van der Waals surface area contributed by atoms with E-state index in [4.69, 9.17) is 5.11 Å². The van der Waals surface area contributed by atoms with E-state index in [1.165, 1.54) is 19.0 Å². The van der Waals surface area contributed by atoms with Gasteiger partial charge in [0.15, 0.2) is 5.69 Å². The lowest BCUT2D eigenvalue weighted by Crippen LogP contribution is -2.26. The molecule has 0 aliphatic heterocycles. The second-order valence-electron chi connectivity index (χ2n) is 4.69. The second-order valence-corrected chi connectivity index (χ2v) is 4.69. The van der Waals surface area contributed by atoms with Crippen LogP contribution in [-0.4, -0.2) is 39.2 Å². The molecule has 1 fully saturated rings. The molecule has 1 aromatic rings. The van der Waals surface area contributed by atoms with E-state index < -0.39 is 5.97 Å². The van der Waals surface area contributed by atoms with Crippen LogP contribution in [0.15, 0.2) is 6.20 Å². The summed E-state index contributed by atoms with van der Waals surface area (Å²) in [5, 5.41) is 19.3. The molecule has 1 atom stereocenters. The summed E-state index contributed by atoms with van der Waals surface area (Å²) in [5.41, 5.74) is -0.00338. The molecule has 1 saturated carbocycles. The predicted octanol–water partition coefficient (Wildman–Crippen LogP) is 0.612. The van der Waals surface area contributed by atoms with Gasteiger partial charge >= 0.3 is 5.97 Å². The highest BCUT2D eigenvalue weighted by Gasteiger charge is 2.27. The van der Waals surface area contributed by atoms with Gasteiger partial charge < -0.3 is 10.4 Å². The van der Waals surface area contributed by atoms with Crippen molar-refractivity contribution in [3.63, 3.8) is 0 Å². The van der Waals surface area contributed by atoms with E-state index in [0.717, 1.165) is 24.9 Å². The minimum absolute atomic E-state index is 0.00338. The van der Waals surface area contributed by atoms with Crippen molar-refractivity contribution in [2.45, 2.75) is 26.3 Å². The van der Waals surface area contributed by atoms with Gasteiger partial charge in [0.1, 0.15) is 0 Å². The lowest BCUT2D eigenvalue weighted by atomic mass is 10.1. The van der Waals surface area contributed by atoms with Crippen LogP contribution in [0.2, 0.25) is 0 Å². The number of nitrogens with zero attached hydrogens (tertiary/aromatic N) is 3. The van der Waals surface area contributed by atoms with Crippen LogP contribution in [0.5, 0.6) is 0 Å². The third-order valence-corrected chi connectivity index (χ3v) is 3.17. The van der Waals surface area contributed by atoms with Crippen molar-refractivity contribution in [3.05, 3.63) is 11.9 Å². The van der Waals surface area contributed by atoms with E-state index in [-0.39, 0.29) is 5.69 Å². The minimum Gasteiger partial charge on any atom is -0.476 e. The normalized spacial score (nSPS) is 17.0. The molecule has 1 heterocycles. The molecule has 1 aromatic heterocycles. The number of carbonyl (C=O) groups is 1. The molecule has 6 nitrogen and oxygen atoms in total. The lowest BCUT2D eigenvalue weighted by Gasteiger charge is -2.10. The summed E-state index contributed by atoms with van der Waals surface area (Å²) in [5.74, 6) is 0.611. The van der Waals surface area contributed by atoms with Gasteiger partial charge in [0.05, 0.1) is 12.7 Å². The SMILES string of the molecule is CC(CNCCn1cc(C(=O)O)nn1)C1CC1. The first-order valence-corrected chi connectivity index (χ1v) is 6.01. The van der Waals surface area contributed by atoms with E-state index in [1.54, 1.807) is 4.68 Å². The molecule has 0 amide bonds. The molecular weight excluding hydrogens is 220 g/mol. The van der Waals surface area contributed by atoms with Crippen molar-refractivity contribution in [2.24, 2.45) is 11.8 Å². The highest BCUT2D eigenvalue weighted by atomic mass is 16.4. The number of carboxylic acid groups (broad SMARTS) is 1. The second kappa shape index (κ2) is 5.27. The molecule has 1 unspecified atom stereocenters. The molecule has 2 rings (SSSR count). The molecule has 0 bridgehead atoms. The zero-order valence-corrected chi connectivity index (χ0v) is 9.96. The van der Waals surface area contributed by atoms with Crippen LogP contribution in [0.25, 0.3) is 0 Å². The maximum absolute atomic E-state index is 10.6. The smallest absolute Gasteiger partial charge is 0.358 e. The van der Waals surface area contributed by atoms with Crippen molar-refractivity contribution < 1.29 is 9.90 Å². The third kappa shape index (κ3) is 3.52. The van der Waals surface area contributed by atoms with Crippen LogP contribution in [0, 0.1) is 11.8 Å². The zero-order valence-electron chi connectivity index (χ0n) is 9.96. The van der Waals surface area contributed by atoms with E-state index in [1.807, 2.05) is 0 Å². The summed E-state index contributed by atoms with van der Waals surface area (Å²) in [6, 6.07) is 0. The quantitative estimate of drug-likeness (QED) is 0.680. The Bertz CT molecular complexity index is 387. The molecule has 17 heavy (non-hydrogen) atoms. The Labute approximate surface area is 100 Å². The zero-order chi connectivity index (χ0) is 12.3. The number of hydrogen-bond acceptors (Lipinski definition) is 4. The monoisotopic (exact) mass is 238 g/mol. The summed E-state index contributed by atoms with van der Waals surface area (Å²) in [6.45, 7) is 4.73. The molecule has 0 saturated heterocycles. The highest BCUT2D eigenvalue weighted by Crippen LogP contribution is 2.35. The number of rotatable bonds is 7. The Balaban J connectivity index is 1.65. The predicted molar refractivity (Wildman–Crippen MR) is 61.7 cm³/mol. The molecule has 2 N–H and O–H groups in total. The highest BCUT2D eigenvalue weighted by molar-refractivity contribution is 5.84. The summed E-state index contributed by atoms with van der Waals surface area (Å²) in [7, 11) is 0. The minimum atomic E-state index is -1.04. The maximum atomic E-state index is 10.6. The maximum Gasteiger partial charge on any atom is 0.358 e. The van der Waals surface area contributed by atoms with Gasteiger partial charge in [-0.2, -0.15) is 0 Å². The van der Waals surface area contributed by atoms with Gasteiger partial charge in [-0.3, -0.25) is 4.68 Å². The van der Waals surface area contributed by atoms with Crippen molar-refractivity contribution in [2.75, 3.05) is 13.1 Å². The van der Waals surface area contributed by atoms with Gasteiger partial charge in [-0.25, -0.2) is 4.79 Å². The van der Waals surface area contributed by atoms with Crippen molar-refractivity contribution in [1.82, 2.24) is 20.3 Å². The number of carboxylic acids is 1. The van der Waals surface area contributed by atoms with Crippen LogP contribution in [0.3, 0.4) is 0 Å². The fourth-order valence-corrected chi connectivity index (χ4v) is 1.86. The van der Waals surface area contributed by atoms with Crippen molar-refractivity contribution in [3.8, 4) is 0 Å². The van der Waals surface area contributed by atoms with Crippen molar-refractivity contribution >= 4 is 5.97 Å². The van der Waals surface area contributed by atoms with Crippen LogP contribution in [-0.2, 0) is 6.54 Å². The number of aromatic carboxylic acids is 1. The lowest BCUT2D eigenvalue weighted by molar-refractivity contribution is 0.0690. The van der Waals surface area contributed by atoms with E-state index in [0.29, 0.717) is 6.54 Å². The van der Waals surface area contributed by atoms with E-state index in [2.05, 4.69) is 22.6 Å². The van der Waals surface area contributed by atoms with Crippen molar-refractivity contribution in [1.29, 1.82) is 0 Å². The molecule has 94 valence electrons. The summed E-state index contributed by atoms with van der Waals surface area (Å²) < 4.78 is 1.55. The summed E-state index contributed by atoms with van der Waals surface area (Å²) in [4.78, 5) is 10.6. The Kier molecular flexibility index (Phi) is 3.73. The Morgan fingerprint density at radius 3 is 3.06 bits per heavy atom. The molecule has 0 spiro atoms. The first-order chi connectivity index (χ1) is 8.16. The van der Waals surface area contributed by atoms with E-state index >= 15 is 0 Å². The fourth-order valence-electron chi connectivity index (χ4n) is 1.86. The van der Waals surface area contributed by atoms with Gasteiger partial charge in [0.2, 0.25) is 0 Å². The van der Waals surface area contributed by atoms with Crippen LogP contribution in [0.1, 0.15) is 30.3 Å². The van der Waals surface area contributed by atoms with E-state index in [9.17, 15) is 4.79 Å². The first-order valence-electron chi connectivity index (χ1n) is 6.01. The topological polar surface area (TPSA) is 80.0 Å². The Morgan fingerprint density at radius 1 is 1.71 bits per heavy atom. The van der Waals surface area contributed by atoms with Gasteiger partial charge in [-0.15, -0.1) is 5.10 Å². The van der Waals surface area contributed by atoms with Gasteiger partial charge in [0, 0.05) is 6.54 Å². The van der Waals surface area contributed by atoms with Gasteiger partial charge in [-0.1, -0.05) is 12.1 Å². The summed E-state index contributed by atoms with van der Waals surface area (Å²) >= 11 is 0. The molecule has 1 aliphatic carbocycles. The number of nitrogens with one attached hydrogen (secondary N) is 1. The van der Waals surface area contributed by atoms with Gasteiger partial charge in [-0.05, 0) is 31.2 Å².